The van der Waals surface area contributed by atoms with Crippen molar-refractivity contribution in [1.29, 1.82) is 0 Å². The van der Waals surface area contributed by atoms with Crippen LogP contribution in [0.3, 0.4) is 0 Å². The third kappa shape index (κ3) is 1.52. The molecular formula is C14H18BrNS. The van der Waals surface area contributed by atoms with Gasteiger partial charge >= 0.3 is 0 Å². The molecule has 3 heteroatoms. The SMILES string of the molecule is NC1C2CC3CC1CC(c1ccc(Br)s1)(C3)C2. The van der Waals surface area contributed by atoms with E-state index in [1.54, 1.807) is 4.88 Å². The Morgan fingerprint density at radius 1 is 1.18 bits per heavy atom. The van der Waals surface area contributed by atoms with Crippen LogP contribution in [0.1, 0.15) is 37.0 Å². The number of halogens is 1. The Balaban J connectivity index is 1.75. The Morgan fingerprint density at radius 3 is 2.47 bits per heavy atom. The van der Waals surface area contributed by atoms with E-state index >= 15 is 0 Å². The molecular weight excluding hydrogens is 294 g/mol. The molecule has 0 aromatic carbocycles. The summed E-state index contributed by atoms with van der Waals surface area (Å²) >= 11 is 5.57. The largest absolute Gasteiger partial charge is 0.327 e. The summed E-state index contributed by atoms with van der Waals surface area (Å²) in [5.74, 6) is 2.58. The monoisotopic (exact) mass is 311 g/mol. The Morgan fingerprint density at radius 2 is 1.88 bits per heavy atom. The molecule has 17 heavy (non-hydrogen) atoms. The molecule has 92 valence electrons. The van der Waals surface area contributed by atoms with Gasteiger partial charge in [0.25, 0.3) is 0 Å². The molecule has 1 nitrogen and oxygen atoms in total. The predicted octanol–water partition coefficient (Wildman–Crippen LogP) is 3.92. The average Bonchev–Trinajstić information content (AvgIpc) is 2.72. The van der Waals surface area contributed by atoms with E-state index in [0.717, 1.165) is 17.8 Å². The molecule has 5 rings (SSSR count). The van der Waals surface area contributed by atoms with Crippen LogP contribution in [0.25, 0.3) is 0 Å². The van der Waals surface area contributed by atoms with Crippen LogP contribution < -0.4 is 5.73 Å². The maximum atomic E-state index is 6.40. The molecule has 2 N–H and O–H groups in total. The van der Waals surface area contributed by atoms with E-state index in [4.69, 9.17) is 5.73 Å². The highest BCUT2D eigenvalue weighted by atomic mass is 79.9. The zero-order valence-corrected chi connectivity index (χ0v) is 12.3. The highest BCUT2D eigenvalue weighted by Crippen LogP contribution is 2.61. The summed E-state index contributed by atoms with van der Waals surface area (Å²) in [5.41, 5.74) is 6.91. The molecule has 0 amide bonds. The molecule has 2 unspecified atom stereocenters. The third-order valence-corrected chi connectivity index (χ3v) is 7.31. The summed E-state index contributed by atoms with van der Waals surface area (Å²) in [5, 5.41) is 0. The van der Waals surface area contributed by atoms with Crippen LogP contribution in [0.2, 0.25) is 0 Å². The van der Waals surface area contributed by atoms with Crippen molar-refractivity contribution in [2.24, 2.45) is 23.5 Å². The van der Waals surface area contributed by atoms with Crippen molar-refractivity contribution >= 4 is 27.3 Å². The standard InChI is InChI=1S/C14H18BrNS/c15-12-2-1-11(17-12)14-5-8-3-9(6-14)13(16)10(4-8)7-14/h1-2,8-10,13H,3-7,16H2. The summed E-state index contributed by atoms with van der Waals surface area (Å²) in [7, 11) is 0. The Labute approximate surface area is 115 Å². The van der Waals surface area contributed by atoms with Gasteiger partial charge in [0.05, 0.1) is 3.79 Å². The van der Waals surface area contributed by atoms with E-state index in [-0.39, 0.29) is 0 Å². The first-order valence-electron chi connectivity index (χ1n) is 6.68. The second-order valence-corrected chi connectivity index (χ2v) is 8.89. The lowest BCUT2D eigenvalue weighted by molar-refractivity contribution is -0.0210. The van der Waals surface area contributed by atoms with Crippen molar-refractivity contribution in [3.05, 3.63) is 20.8 Å². The molecule has 4 saturated carbocycles. The van der Waals surface area contributed by atoms with Crippen molar-refractivity contribution in [2.75, 3.05) is 0 Å². The van der Waals surface area contributed by atoms with Gasteiger partial charge in [0, 0.05) is 16.3 Å². The molecule has 4 bridgehead atoms. The maximum Gasteiger partial charge on any atom is 0.0701 e. The smallest absolute Gasteiger partial charge is 0.0701 e. The van der Waals surface area contributed by atoms with Crippen LogP contribution in [0.5, 0.6) is 0 Å². The Bertz CT molecular complexity index is 439. The van der Waals surface area contributed by atoms with Crippen molar-refractivity contribution in [1.82, 2.24) is 0 Å². The van der Waals surface area contributed by atoms with Crippen LogP contribution in [0.4, 0.5) is 0 Å². The summed E-state index contributed by atoms with van der Waals surface area (Å²) < 4.78 is 1.28. The molecule has 2 atom stereocenters. The Hall–Kier alpha value is 0.140. The molecule has 0 spiro atoms. The van der Waals surface area contributed by atoms with E-state index in [0.29, 0.717) is 11.5 Å². The Kier molecular flexibility index (Phi) is 2.32. The third-order valence-electron chi connectivity index (χ3n) is 5.44. The van der Waals surface area contributed by atoms with E-state index in [2.05, 4.69) is 28.1 Å². The molecule has 1 aromatic rings. The quantitative estimate of drug-likeness (QED) is 0.836. The summed E-state index contributed by atoms with van der Waals surface area (Å²) in [6, 6.07) is 5.08. The number of hydrogen-bond acceptors (Lipinski definition) is 2. The zero-order valence-electron chi connectivity index (χ0n) is 9.86. The van der Waals surface area contributed by atoms with Gasteiger partial charge in [-0.3, -0.25) is 0 Å². The van der Waals surface area contributed by atoms with E-state index < -0.39 is 0 Å². The van der Waals surface area contributed by atoms with Gasteiger partial charge in [-0.15, -0.1) is 11.3 Å². The molecule has 4 aliphatic rings. The molecule has 0 radical (unpaired) electrons. The van der Waals surface area contributed by atoms with Crippen LogP contribution in [-0.2, 0) is 5.41 Å². The fourth-order valence-electron chi connectivity index (χ4n) is 4.96. The highest BCUT2D eigenvalue weighted by Gasteiger charge is 2.55. The van der Waals surface area contributed by atoms with Crippen LogP contribution >= 0.6 is 27.3 Å². The summed E-state index contributed by atoms with van der Waals surface area (Å²) in [4.78, 5) is 1.62. The predicted molar refractivity (Wildman–Crippen MR) is 75.2 cm³/mol. The normalized spacial score (nSPS) is 47.6. The zero-order chi connectivity index (χ0) is 11.6. The number of hydrogen-bond donors (Lipinski definition) is 1. The average molecular weight is 312 g/mol. The van der Waals surface area contributed by atoms with Crippen LogP contribution in [0.15, 0.2) is 15.9 Å². The fraction of sp³-hybridized carbons (Fsp3) is 0.714. The van der Waals surface area contributed by atoms with Crippen LogP contribution in [-0.4, -0.2) is 6.04 Å². The number of thiophene rings is 1. The van der Waals surface area contributed by atoms with Gasteiger partial charge in [0.2, 0.25) is 0 Å². The van der Waals surface area contributed by atoms with Crippen molar-refractivity contribution in [2.45, 2.75) is 43.6 Å². The van der Waals surface area contributed by atoms with Crippen molar-refractivity contribution in [3.63, 3.8) is 0 Å². The molecule has 4 aliphatic carbocycles. The van der Waals surface area contributed by atoms with Gasteiger partial charge in [0.15, 0.2) is 0 Å². The first kappa shape index (κ1) is 11.0. The van der Waals surface area contributed by atoms with E-state index in [9.17, 15) is 0 Å². The van der Waals surface area contributed by atoms with Gasteiger partial charge in [-0.05, 0) is 77.9 Å². The second kappa shape index (κ2) is 3.58. The van der Waals surface area contributed by atoms with Crippen molar-refractivity contribution < 1.29 is 0 Å². The van der Waals surface area contributed by atoms with E-state index in [1.807, 2.05) is 11.3 Å². The van der Waals surface area contributed by atoms with Crippen molar-refractivity contribution in [3.8, 4) is 0 Å². The van der Waals surface area contributed by atoms with Gasteiger partial charge in [-0.2, -0.15) is 0 Å². The lowest BCUT2D eigenvalue weighted by atomic mass is 9.48. The molecule has 0 aliphatic heterocycles. The summed E-state index contributed by atoms with van der Waals surface area (Å²) in [6.07, 6.45) is 6.96. The minimum atomic E-state index is 0.503. The fourth-order valence-corrected chi connectivity index (χ4v) is 6.57. The lowest BCUT2D eigenvalue weighted by Gasteiger charge is -2.59. The minimum absolute atomic E-state index is 0.503. The van der Waals surface area contributed by atoms with Gasteiger partial charge in [-0.25, -0.2) is 0 Å². The minimum Gasteiger partial charge on any atom is -0.327 e. The maximum absolute atomic E-state index is 6.40. The van der Waals surface area contributed by atoms with Gasteiger partial charge in [0.1, 0.15) is 0 Å². The topological polar surface area (TPSA) is 26.0 Å². The second-order valence-electron chi connectivity index (χ2n) is 6.43. The molecule has 1 aromatic heterocycles. The number of nitrogens with two attached hydrogens (primary N) is 1. The first-order valence-corrected chi connectivity index (χ1v) is 8.29. The molecule has 4 fully saturated rings. The highest BCUT2D eigenvalue weighted by molar-refractivity contribution is 9.11. The van der Waals surface area contributed by atoms with Gasteiger partial charge < -0.3 is 5.73 Å². The van der Waals surface area contributed by atoms with Gasteiger partial charge in [-0.1, -0.05) is 0 Å². The lowest BCUT2D eigenvalue weighted by Crippen LogP contribution is -2.58. The van der Waals surface area contributed by atoms with Crippen LogP contribution in [0, 0.1) is 17.8 Å². The molecule has 0 saturated heterocycles. The number of rotatable bonds is 1. The van der Waals surface area contributed by atoms with E-state index in [1.165, 1.54) is 35.9 Å². The summed E-state index contributed by atoms with van der Waals surface area (Å²) in [6.45, 7) is 0. The molecule has 1 heterocycles. The first-order chi connectivity index (χ1) is 8.16.